The Labute approximate surface area is 101 Å². The van der Waals surface area contributed by atoms with Crippen LogP contribution in [0.4, 0.5) is 0 Å². The molecule has 1 saturated heterocycles. The van der Waals surface area contributed by atoms with Crippen molar-refractivity contribution in [1.29, 1.82) is 0 Å². The minimum atomic E-state index is 0.535. The van der Waals surface area contributed by atoms with Gasteiger partial charge in [-0.3, -0.25) is 0 Å². The smallest absolute Gasteiger partial charge is 0.00501 e. The summed E-state index contributed by atoms with van der Waals surface area (Å²) in [4.78, 5) is 2.58. The van der Waals surface area contributed by atoms with E-state index in [0.29, 0.717) is 5.41 Å². The predicted octanol–water partition coefficient (Wildman–Crippen LogP) is 2.21. The van der Waals surface area contributed by atoms with E-state index in [1.165, 1.54) is 39.0 Å². The van der Waals surface area contributed by atoms with Gasteiger partial charge in [0.2, 0.25) is 0 Å². The summed E-state index contributed by atoms with van der Waals surface area (Å²) in [5.74, 6) is 2.77. The van der Waals surface area contributed by atoms with Crippen molar-refractivity contribution < 1.29 is 0 Å². The van der Waals surface area contributed by atoms with E-state index in [1.54, 1.807) is 0 Å². The molecule has 1 aliphatic carbocycles. The van der Waals surface area contributed by atoms with Crippen molar-refractivity contribution >= 4 is 0 Å². The Hall–Kier alpha value is -0.0800. The van der Waals surface area contributed by atoms with Gasteiger partial charge in [0.1, 0.15) is 0 Å². The van der Waals surface area contributed by atoms with Gasteiger partial charge in [0.05, 0.1) is 0 Å². The van der Waals surface area contributed by atoms with Crippen LogP contribution in [-0.2, 0) is 0 Å². The van der Waals surface area contributed by atoms with Gasteiger partial charge < -0.3 is 10.2 Å². The van der Waals surface area contributed by atoms with Gasteiger partial charge in [0, 0.05) is 19.6 Å². The van der Waals surface area contributed by atoms with E-state index < -0.39 is 0 Å². The molecule has 2 rings (SSSR count). The fourth-order valence-corrected chi connectivity index (χ4v) is 3.23. The van der Waals surface area contributed by atoms with Crippen LogP contribution in [0.3, 0.4) is 0 Å². The average molecular weight is 224 g/mol. The topological polar surface area (TPSA) is 15.3 Å². The first-order valence-electron chi connectivity index (χ1n) is 6.93. The van der Waals surface area contributed by atoms with Crippen LogP contribution in [0.15, 0.2) is 0 Å². The SMILES string of the molecule is CC1CC1CN(C)CC1(C(C)C)CCNC1. The molecule has 2 heteroatoms. The Morgan fingerprint density at radius 2 is 2.12 bits per heavy atom. The standard InChI is InChI=1S/C14H28N2/c1-11(2)14(5-6-15-9-14)10-16(4)8-13-7-12(13)3/h11-13,15H,5-10H2,1-4H3. The first kappa shape index (κ1) is 12.4. The zero-order valence-corrected chi connectivity index (χ0v) is 11.4. The molecule has 1 aliphatic heterocycles. The van der Waals surface area contributed by atoms with E-state index in [1.807, 2.05) is 0 Å². The highest BCUT2D eigenvalue weighted by Gasteiger charge is 2.39. The van der Waals surface area contributed by atoms with Crippen molar-refractivity contribution in [3.8, 4) is 0 Å². The average Bonchev–Trinajstić information content (AvgIpc) is 2.72. The van der Waals surface area contributed by atoms with Crippen LogP contribution < -0.4 is 5.32 Å². The normalized spacial score (nSPS) is 38.6. The van der Waals surface area contributed by atoms with Crippen molar-refractivity contribution in [3.63, 3.8) is 0 Å². The van der Waals surface area contributed by atoms with Gasteiger partial charge in [0.15, 0.2) is 0 Å². The molecule has 0 bridgehead atoms. The highest BCUT2D eigenvalue weighted by atomic mass is 15.1. The lowest BCUT2D eigenvalue weighted by Gasteiger charge is -2.36. The Morgan fingerprint density at radius 1 is 1.44 bits per heavy atom. The monoisotopic (exact) mass is 224 g/mol. The van der Waals surface area contributed by atoms with Crippen LogP contribution >= 0.6 is 0 Å². The van der Waals surface area contributed by atoms with Crippen molar-refractivity contribution in [2.24, 2.45) is 23.2 Å². The maximum Gasteiger partial charge on any atom is 0.00501 e. The predicted molar refractivity (Wildman–Crippen MR) is 69.5 cm³/mol. The zero-order chi connectivity index (χ0) is 11.8. The van der Waals surface area contributed by atoms with Crippen molar-refractivity contribution in [3.05, 3.63) is 0 Å². The lowest BCUT2D eigenvalue weighted by atomic mass is 9.76. The van der Waals surface area contributed by atoms with Crippen LogP contribution in [0, 0.1) is 23.2 Å². The molecule has 1 saturated carbocycles. The molecule has 1 heterocycles. The molecule has 0 aromatic rings. The van der Waals surface area contributed by atoms with Gasteiger partial charge in [-0.1, -0.05) is 20.8 Å². The van der Waals surface area contributed by atoms with Crippen molar-refractivity contribution in [1.82, 2.24) is 10.2 Å². The van der Waals surface area contributed by atoms with E-state index >= 15 is 0 Å². The summed E-state index contributed by atoms with van der Waals surface area (Å²) >= 11 is 0. The molecule has 0 aromatic heterocycles. The first-order valence-corrected chi connectivity index (χ1v) is 6.93. The summed E-state index contributed by atoms with van der Waals surface area (Å²) in [6.45, 7) is 12.2. The second kappa shape index (κ2) is 4.66. The van der Waals surface area contributed by atoms with Crippen molar-refractivity contribution in [2.45, 2.75) is 33.6 Å². The van der Waals surface area contributed by atoms with Gasteiger partial charge in [-0.15, -0.1) is 0 Å². The summed E-state index contributed by atoms with van der Waals surface area (Å²) in [6, 6.07) is 0. The lowest BCUT2D eigenvalue weighted by Crippen LogP contribution is -2.41. The minimum absolute atomic E-state index is 0.535. The van der Waals surface area contributed by atoms with Gasteiger partial charge in [-0.25, -0.2) is 0 Å². The van der Waals surface area contributed by atoms with E-state index in [4.69, 9.17) is 0 Å². The van der Waals surface area contributed by atoms with Gasteiger partial charge in [0.25, 0.3) is 0 Å². The Balaban J connectivity index is 1.85. The molecule has 16 heavy (non-hydrogen) atoms. The minimum Gasteiger partial charge on any atom is -0.316 e. The fourth-order valence-electron chi connectivity index (χ4n) is 3.23. The largest absolute Gasteiger partial charge is 0.316 e. The lowest BCUT2D eigenvalue weighted by molar-refractivity contribution is 0.132. The molecule has 1 N–H and O–H groups in total. The third-order valence-electron chi connectivity index (χ3n) is 4.91. The summed E-state index contributed by atoms with van der Waals surface area (Å²) in [5, 5.41) is 3.55. The van der Waals surface area contributed by atoms with Crippen LogP contribution in [0.5, 0.6) is 0 Å². The number of rotatable bonds is 5. The Morgan fingerprint density at radius 3 is 2.56 bits per heavy atom. The number of nitrogens with one attached hydrogen (secondary N) is 1. The van der Waals surface area contributed by atoms with Crippen LogP contribution in [-0.4, -0.2) is 38.1 Å². The second-order valence-electron chi connectivity index (χ2n) is 6.61. The van der Waals surface area contributed by atoms with Crippen LogP contribution in [0.1, 0.15) is 33.6 Å². The molecule has 94 valence electrons. The molecule has 0 spiro atoms. The second-order valence-corrected chi connectivity index (χ2v) is 6.61. The molecule has 0 amide bonds. The fraction of sp³-hybridized carbons (Fsp3) is 1.00. The zero-order valence-electron chi connectivity index (χ0n) is 11.4. The van der Waals surface area contributed by atoms with Crippen LogP contribution in [0.25, 0.3) is 0 Å². The molecule has 0 radical (unpaired) electrons. The molecule has 2 aliphatic rings. The summed E-state index contributed by atoms with van der Waals surface area (Å²) in [7, 11) is 2.31. The number of hydrogen-bond donors (Lipinski definition) is 1. The number of nitrogens with zero attached hydrogens (tertiary/aromatic N) is 1. The summed E-state index contributed by atoms with van der Waals surface area (Å²) < 4.78 is 0. The summed E-state index contributed by atoms with van der Waals surface area (Å²) in [6.07, 6.45) is 2.81. The quantitative estimate of drug-likeness (QED) is 0.770. The molecule has 0 aromatic carbocycles. The maximum atomic E-state index is 3.55. The summed E-state index contributed by atoms with van der Waals surface area (Å²) in [5.41, 5.74) is 0.535. The highest BCUT2D eigenvalue weighted by molar-refractivity contribution is 4.93. The maximum absolute atomic E-state index is 3.55. The van der Waals surface area contributed by atoms with Gasteiger partial charge in [-0.2, -0.15) is 0 Å². The number of hydrogen-bond acceptors (Lipinski definition) is 2. The molecular weight excluding hydrogens is 196 g/mol. The Kier molecular flexibility index (Phi) is 3.60. The molecule has 2 fully saturated rings. The van der Waals surface area contributed by atoms with Gasteiger partial charge >= 0.3 is 0 Å². The molecular formula is C14H28N2. The van der Waals surface area contributed by atoms with E-state index in [0.717, 1.165) is 17.8 Å². The van der Waals surface area contributed by atoms with E-state index in [-0.39, 0.29) is 0 Å². The first-order chi connectivity index (χ1) is 7.53. The van der Waals surface area contributed by atoms with Crippen LogP contribution in [0.2, 0.25) is 0 Å². The third-order valence-corrected chi connectivity index (χ3v) is 4.91. The molecule has 3 unspecified atom stereocenters. The molecule has 2 nitrogen and oxygen atoms in total. The molecule has 3 atom stereocenters. The van der Waals surface area contributed by atoms with Gasteiger partial charge in [-0.05, 0) is 49.6 Å². The van der Waals surface area contributed by atoms with E-state index in [2.05, 4.69) is 38.0 Å². The third kappa shape index (κ3) is 2.60. The highest BCUT2D eigenvalue weighted by Crippen LogP contribution is 2.40. The Bertz CT molecular complexity index is 231. The van der Waals surface area contributed by atoms with E-state index in [9.17, 15) is 0 Å². The van der Waals surface area contributed by atoms with Crippen molar-refractivity contribution in [2.75, 3.05) is 33.2 Å².